The van der Waals surface area contributed by atoms with E-state index in [9.17, 15) is 0 Å². The predicted molar refractivity (Wildman–Crippen MR) is 69.3 cm³/mol. The molecule has 0 spiro atoms. The zero-order valence-corrected chi connectivity index (χ0v) is 10.4. The molecule has 1 N–H and O–H groups in total. The van der Waals surface area contributed by atoms with Crippen molar-refractivity contribution in [2.75, 3.05) is 13.2 Å². The van der Waals surface area contributed by atoms with E-state index in [0.717, 1.165) is 18.7 Å². The SMILES string of the molecule is CCCCc1cncc(OC[C@@H]2C=CCN2)c1. The maximum Gasteiger partial charge on any atom is 0.137 e. The van der Waals surface area contributed by atoms with Crippen LogP contribution in [0.15, 0.2) is 30.6 Å². The molecule has 1 aromatic heterocycles. The lowest BCUT2D eigenvalue weighted by atomic mass is 10.1. The van der Waals surface area contributed by atoms with Crippen molar-refractivity contribution in [2.45, 2.75) is 32.2 Å². The summed E-state index contributed by atoms with van der Waals surface area (Å²) in [5.74, 6) is 0.876. The minimum atomic E-state index is 0.342. The van der Waals surface area contributed by atoms with Crippen LogP contribution in [0.4, 0.5) is 0 Å². The van der Waals surface area contributed by atoms with E-state index in [-0.39, 0.29) is 0 Å². The van der Waals surface area contributed by atoms with Gasteiger partial charge in [0, 0.05) is 12.7 Å². The first-order valence-corrected chi connectivity index (χ1v) is 6.35. The lowest BCUT2D eigenvalue weighted by Gasteiger charge is -2.11. The molecule has 0 saturated heterocycles. The van der Waals surface area contributed by atoms with Gasteiger partial charge in [-0.15, -0.1) is 0 Å². The van der Waals surface area contributed by atoms with Crippen LogP contribution in [0.1, 0.15) is 25.3 Å². The van der Waals surface area contributed by atoms with E-state index in [1.165, 1.54) is 18.4 Å². The number of hydrogen-bond donors (Lipinski definition) is 1. The van der Waals surface area contributed by atoms with Crippen molar-refractivity contribution in [1.29, 1.82) is 0 Å². The number of aryl methyl sites for hydroxylation is 1. The van der Waals surface area contributed by atoms with Gasteiger partial charge in [0.15, 0.2) is 0 Å². The Balaban J connectivity index is 1.84. The van der Waals surface area contributed by atoms with Crippen LogP contribution >= 0.6 is 0 Å². The van der Waals surface area contributed by atoms with Crippen LogP contribution in [0, 0.1) is 0 Å². The summed E-state index contributed by atoms with van der Waals surface area (Å²) in [7, 11) is 0. The highest BCUT2D eigenvalue weighted by atomic mass is 16.5. The molecule has 0 amide bonds. The molecule has 1 aliphatic heterocycles. The summed E-state index contributed by atoms with van der Waals surface area (Å²) in [5, 5.41) is 3.32. The van der Waals surface area contributed by atoms with Crippen molar-refractivity contribution in [3.8, 4) is 5.75 Å². The van der Waals surface area contributed by atoms with E-state index in [0.29, 0.717) is 12.6 Å². The average molecular weight is 232 g/mol. The van der Waals surface area contributed by atoms with Crippen LogP contribution in [0.5, 0.6) is 5.75 Å². The summed E-state index contributed by atoms with van der Waals surface area (Å²) in [6, 6.07) is 2.44. The zero-order chi connectivity index (χ0) is 11.9. The Labute approximate surface area is 103 Å². The molecule has 1 aliphatic rings. The molecule has 1 atom stereocenters. The standard InChI is InChI=1S/C14H20N2O/c1-2-3-5-12-8-14(10-15-9-12)17-11-13-6-4-7-16-13/h4,6,8-10,13,16H,2-3,5,7,11H2,1H3/t13-/m0/s1. The van der Waals surface area contributed by atoms with Crippen LogP contribution in [0.2, 0.25) is 0 Å². The third-order valence-corrected chi connectivity index (χ3v) is 2.88. The summed E-state index contributed by atoms with van der Waals surface area (Å²) in [6.45, 7) is 3.82. The third-order valence-electron chi connectivity index (χ3n) is 2.88. The Morgan fingerprint density at radius 1 is 1.47 bits per heavy atom. The van der Waals surface area contributed by atoms with E-state index < -0.39 is 0 Å². The normalized spacial score (nSPS) is 18.5. The lowest BCUT2D eigenvalue weighted by Crippen LogP contribution is -2.28. The maximum atomic E-state index is 5.73. The first-order valence-electron chi connectivity index (χ1n) is 6.35. The summed E-state index contributed by atoms with van der Waals surface area (Å²) < 4.78 is 5.73. The van der Waals surface area contributed by atoms with Crippen LogP contribution < -0.4 is 10.1 Å². The van der Waals surface area contributed by atoms with E-state index in [4.69, 9.17) is 4.74 Å². The Morgan fingerprint density at radius 3 is 3.18 bits per heavy atom. The van der Waals surface area contributed by atoms with Gasteiger partial charge in [-0.2, -0.15) is 0 Å². The summed E-state index contributed by atoms with van der Waals surface area (Å²) >= 11 is 0. The Bertz CT molecular complexity index is 376. The zero-order valence-electron chi connectivity index (χ0n) is 10.4. The fraction of sp³-hybridized carbons (Fsp3) is 0.500. The van der Waals surface area contributed by atoms with Crippen molar-refractivity contribution in [2.24, 2.45) is 0 Å². The quantitative estimate of drug-likeness (QED) is 0.764. The monoisotopic (exact) mass is 232 g/mol. The number of nitrogens with one attached hydrogen (secondary N) is 1. The first-order chi connectivity index (χ1) is 8.38. The molecule has 0 radical (unpaired) electrons. The highest BCUT2D eigenvalue weighted by Gasteiger charge is 2.08. The van der Waals surface area contributed by atoms with Crippen LogP contribution in [-0.2, 0) is 6.42 Å². The van der Waals surface area contributed by atoms with Gasteiger partial charge in [0.2, 0.25) is 0 Å². The van der Waals surface area contributed by atoms with Gasteiger partial charge in [-0.05, 0) is 24.5 Å². The van der Waals surface area contributed by atoms with Gasteiger partial charge < -0.3 is 10.1 Å². The second-order valence-corrected chi connectivity index (χ2v) is 4.39. The van der Waals surface area contributed by atoms with Gasteiger partial charge in [0.1, 0.15) is 12.4 Å². The molecule has 2 heterocycles. The highest BCUT2D eigenvalue weighted by Crippen LogP contribution is 2.13. The number of ether oxygens (including phenoxy) is 1. The van der Waals surface area contributed by atoms with E-state index >= 15 is 0 Å². The van der Waals surface area contributed by atoms with Crippen LogP contribution in [-0.4, -0.2) is 24.2 Å². The van der Waals surface area contributed by atoms with E-state index in [1.807, 2.05) is 6.20 Å². The summed E-state index contributed by atoms with van der Waals surface area (Å²) in [6.07, 6.45) is 11.5. The predicted octanol–water partition coefficient (Wildman–Crippen LogP) is 2.33. The number of hydrogen-bond acceptors (Lipinski definition) is 3. The first kappa shape index (κ1) is 12.1. The van der Waals surface area contributed by atoms with E-state index in [1.54, 1.807) is 6.20 Å². The van der Waals surface area contributed by atoms with Crippen molar-refractivity contribution in [3.63, 3.8) is 0 Å². The molecule has 92 valence electrons. The van der Waals surface area contributed by atoms with Crippen LogP contribution in [0.25, 0.3) is 0 Å². The minimum Gasteiger partial charge on any atom is -0.490 e. The van der Waals surface area contributed by atoms with Gasteiger partial charge in [-0.3, -0.25) is 4.98 Å². The number of aromatic nitrogens is 1. The molecule has 17 heavy (non-hydrogen) atoms. The maximum absolute atomic E-state index is 5.73. The second kappa shape index (κ2) is 6.40. The minimum absolute atomic E-state index is 0.342. The van der Waals surface area contributed by atoms with Gasteiger partial charge in [-0.25, -0.2) is 0 Å². The molecule has 0 fully saturated rings. The second-order valence-electron chi connectivity index (χ2n) is 4.39. The van der Waals surface area contributed by atoms with Gasteiger partial charge in [0.05, 0.1) is 12.2 Å². The van der Waals surface area contributed by atoms with Gasteiger partial charge in [0.25, 0.3) is 0 Å². The van der Waals surface area contributed by atoms with E-state index in [2.05, 4.69) is 35.4 Å². The number of rotatable bonds is 6. The van der Waals surface area contributed by atoms with Crippen molar-refractivity contribution >= 4 is 0 Å². The van der Waals surface area contributed by atoms with Crippen molar-refractivity contribution < 1.29 is 4.74 Å². The van der Waals surface area contributed by atoms with Gasteiger partial charge >= 0.3 is 0 Å². The Hall–Kier alpha value is -1.35. The lowest BCUT2D eigenvalue weighted by molar-refractivity contribution is 0.292. The molecule has 3 nitrogen and oxygen atoms in total. The van der Waals surface area contributed by atoms with Crippen molar-refractivity contribution in [1.82, 2.24) is 10.3 Å². The summed E-state index contributed by atoms with van der Waals surface area (Å²) in [5.41, 5.74) is 1.26. The fourth-order valence-corrected chi connectivity index (χ4v) is 1.88. The molecule has 3 heteroatoms. The molecular weight excluding hydrogens is 212 g/mol. The molecule has 0 unspecified atom stereocenters. The molecular formula is C14H20N2O. The number of nitrogens with zero attached hydrogens (tertiary/aromatic N) is 1. The smallest absolute Gasteiger partial charge is 0.137 e. The molecule has 0 aliphatic carbocycles. The average Bonchev–Trinajstić information content (AvgIpc) is 2.87. The Morgan fingerprint density at radius 2 is 2.41 bits per heavy atom. The Kier molecular flexibility index (Phi) is 4.56. The third kappa shape index (κ3) is 3.86. The molecule has 0 saturated carbocycles. The molecule has 1 aromatic rings. The highest BCUT2D eigenvalue weighted by molar-refractivity contribution is 5.23. The largest absolute Gasteiger partial charge is 0.490 e. The topological polar surface area (TPSA) is 34.1 Å². The van der Waals surface area contributed by atoms with Crippen LogP contribution in [0.3, 0.4) is 0 Å². The number of pyridine rings is 1. The number of unbranched alkanes of at least 4 members (excludes halogenated alkanes) is 1. The summed E-state index contributed by atoms with van der Waals surface area (Å²) in [4.78, 5) is 4.22. The van der Waals surface area contributed by atoms with Crippen molar-refractivity contribution in [3.05, 3.63) is 36.2 Å². The molecule has 0 bridgehead atoms. The molecule has 2 rings (SSSR count). The fourth-order valence-electron chi connectivity index (χ4n) is 1.88. The van der Waals surface area contributed by atoms with Gasteiger partial charge in [-0.1, -0.05) is 25.5 Å². The molecule has 0 aromatic carbocycles.